The molecular formula is C10H16N2. The van der Waals surface area contributed by atoms with Gasteiger partial charge < -0.3 is 4.90 Å². The summed E-state index contributed by atoms with van der Waals surface area (Å²) in [4.78, 5) is 6.14. The number of nitrogens with zero attached hydrogens (tertiary/aromatic N) is 2. The molecule has 1 aliphatic heterocycles. The fourth-order valence-corrected chi connectivity index (χ4v) is 0.939. The highest BCUT2D eigenvalue weighted by Gasteiger charge is 2.18. The first-order chi connectivity index (χ1) is 5.41. The lowest BCUT2D eigenvalue weighted by atomic mass is 9.87. The SMILES string of the molecule is C=C1N=CC(C(C)(C)C)=CN1C. The summed E-state index contributed by atoms with van der Waals surface area (Å²) >= 11 is 0. The molecule has 1 heterocycles. The first kappa shape index (κ1) is 9.04. The van der Waals surface area contributed by atoms with Gasteiger partial charge in [-0.2, -0.15) is 0 Å². The van der Waals surface area contributed by atoms with Crippen LogP contribution in [0.4, 0.5) is 0 Å². The number of aliphatic imine (C=N–C) groups is 1. The van der Waals surface area contributed by atoms with E-state index in [0.29, 0.717) is 0 Å². The van der Waals surface area contributed by atoms with Gasteiger partial charge in [0.2, 0.25) is 0 Å². The molecule has 2 nitrogen and oxygen atoms in total. The minimum Gasteiger partial charge on any atom is -0.336 e. The van der Waals surface area contributed by atoms with E-state index in [1.165, 1.54) is 5.57 Å². The van der Waals surface area contributed by atoms with E-state index in [9.17, 15) is 0 Å². The van der Waals surface area contributed by atoms with E-state index in [2.05, 4.69) is 38.5 Å². The molecule has 1 rings (SSSR count). The van der Waals surface area contributed by atoms with Crippen LogP contribution in [0.5, 0.6) is 0 Å². The quantitative estimate of drug-likeness (QED) is 0.537. The molecule has 0 fully saturated rings. The average molecular weight is 164 g/mol. The number of hydrogen-bond acceptors (Lipinski definition) is 2. The molecule has 0 saturated carbocycles. The van der Waals surface area contributed by atoms with Gasteiger partial charge in [0.1, 0.15) is 5.82 Å². The maximum atomic E-state index is 4.20. The van der Waals surface area contributed by atoms with Crippen molar-refractivity contribution < 1.29 is 0 Å². The van der Waals surface area contributed by atoms with E-state index in [0.717, 1.165) is 5.82 Å². The molecule has 12 heavy (non-hydrogen) atoms. The molecule has 0 atom stereocenters. The minimum atomic E-state index is 0.165. The smallest absolute Gasteiger partial charge is 0.124 e. The summed E-state index contributed by atoms with van der Waals surface area (Å²) in [6, 6.07) is 0. The van der Waals surface area contributed by atoms with Crippen molar-refractivity contribution >= 4 is 6.21 Å². The van der Waals surface area contributed by atoms with Gasteiger partial charge >= 0.3 is 0 Å². The van der Waals surface area contributed by atoms with E-state index in [1.54, 1.807) is 0 Å². The largest absolute Gasteiger partial charge is 0.336 e. The standard InChI is InChI=1S/C10H16N2/c1-8-11-6-9(7-12(8)5)10(2,3)4/h6-7H,1H2,2-5H3. The Morgan fingerprint density at radius 1 is 1.42 bits per heavy atom. The number of allylic oxidation sites excluding steroid dienone is 1. The summed E-state index contributed by atoms with van der Waals surface area (Å²) in [7, 11) is 1.96. The Morgan fingerprint density at radius 2 is 2.00 bits per heavy atom. The zero-order chi connectivity index (χ0) is 9.35. The van der Waals surface area contributed by atoms with Crippen LogP contribution in [0.1, 0.15) is 20.8 Å². The van der Waals surface area contributed by atoms with Gasteiger partial charge in [0, 0.05) is 19.5 Å². The molecule has 0 N–H and O–H groups in total. The van der Waals surface area contributed by atoms with Crippen LogP contribution in [0.15, 0.2) is 29.2 Å². The van der Waals surface area contributed by atoms with Gasteiger partial charge in [-0.25, -0.2) is 4.99 Å². The summed E-state index contributed by atoms with van der Waals surface area (Å²) in [5.41, 5.74) is 1.40. The van der Waals surface area contributed by atoms with Crippen LogP contribution in [0.2, 0.25) is 0 Å². The van der Waals surface area contributed by atoms with Crippen LogP contribution in [0, 0.1) is 5.41 Å². The van der Waals surface area contributed by atoms with E-state index in [1.807, 2.05) is 18.2 Å². The van der Waals surface area contributed by atoms with Crippen molar-refractivity contribution in [3.63, 3.8) is 0 Å². The zero-order valence-electron chi connectivity index (χ0n) is 8.26. The maximum Gasteiger partial charge on any atom is 0.124 e. The minimum absolute atomic E-state index is 0.165. The third-order valence-corrected chi connectivity index (χ3v) is 1.96. The lowest BCUT2D eigenvalue weighted by Crippen LogP contribution is -2.20. The predicted octanol–water partition coefficient (Wildman–Crippen LogP) is 2.40. The summed E-state index contributed by atoms with van der Waals surface area (Å²) in [6.45, 7) is 10.3. The third-order valence-electron chi connectivity index (χ3n) is 1.96. The molecule has 0 saturated heterocycles. The second-order valence-electron chi connectivity index (χ2n) is 4.12. The van der Waals surface area contributed by atoms with E-state index in [4.69, 9.17) is 0 Å². The fraction of sp³-hybridized carbons (Fsp3) is 0.500. The van der Waals surface area contributed by atoms with Crippen molar-refractivity contribution in [2.45, 2.75) is 20.8 Å². The number of rotatable bonds is 0. The van der Waals surface area contributed by atoms with Crippen LogP contribution in [0.3, 0.4) is 0 Å². The molecule has 2 heteroatoms. The van der Waals surface area contributed by atoms with Crippen LogP contribution >= 0.6 is 0 Å². The Kier molecular flexibility index (Phi) is 2.09. The zero-order valence-corrected chi connectivity index (χ0v) is 8.26. The molecule has 1 aliphatic rings. The normalized spacial score (nSPS) is 18.2. The summed E-state index contributed by atoms with van der Waals surface area (Å²) in [5.74, 6) is 0.794. The summed E-state index contributed by atoms with van der Waals surface area (Å²) in [6.07, 6.45) is 3.97. The fourth-order valence-electron chi connectivity index (χ4n) is 0.939. The van der Waals surface area contributed by atoms with Gasteiger partial charge in [-0.1, -0.05) is 27.4 Å². The molecular weight excluding hydrogens is 148 g/mol. The Hall–Kier alpha value is -1.05. The second-order valence-corrected chi connectivity index (χ2v) is 4.12. The molecule has 0 aliphatic carbocycles. The average Bonchev–Trinajstić information content (AvgIpc) is 1.92. The Bertz CT molecular complexity index is 254. The van der Waals surface area contributed by atoms with Crippen molar-refractivity contribution in [3.05, 3.63) is 24.2 Å². The van der Waals surface area contributed by atoms with E-state index < -0.39 is 0 Å². The number of hydrogen-bond donors (Lipinski definition) is 0. The summed E-state index contributed by atoms with van der Waals surface area (Å²) in [5, 5.41) is 0. The highest BCUT2D eigenvalue weighted by atomic mass is 15.2. The van der Waals surface area contributed by atoms with Gasteiger partial charge in [-0.3, -0.25) is 0 Å². The van der Waals surface area contributed by atoms with Gasteiger partial charge in [-0.15, -0.1) is 0 Å². The monoisotopic (exact) mass is 164 g/mol. The molecule has 0 amide bonds. The molecule has 66 valence electrons. The topological polar surface area (TPSA) is 15.6 Å². The van der Waals surface area contributed by atoms with Crippen molar-refractivity contribution in [2.24, 2.45) is 10.4 Å². The van der Waals surface area contributed by atoms with Crippen molar-refractivity contribution in [1.82, 2.24) is 4.90 Å². The maximum absolute atomic E-state index is 4.20. The van der Waals surface area contributed by atoms with Gasteiger partial charge in [-0.05, 0) is 11.0 Å². The Balaban J connectivity index is 2.91. The molecule has 0 unspecified atom stereocenters. The van der Waals surface area contributed by atoms with Crippen LogP contribution in [-0.4, -0.2) is 18.2 Å². The molecule has 0 bridgehead atoms. The second kappa shape index (κ2) is 2.77. The van der Waals surface area contributed by atoms with Crippen LogP contribution < -0.4 is 0 Å². The highest BCUT2D eigenvalue weighted by molar-refractivity contribution is 5.81. The van der Waals surface area contributed by atoms with Crippen molar-refractivity contribution in [1.29, 1.82) is 0 Å². The lowest BCUT2D eigenvalue weighted by molar-refractivity contribution is 0.485. The molecule has 0 aromatic heterocycles. The molecule has 0 spiro atoms. The Labute approximate surface area is 74.3 Å². The van der Waals surface area contributed by atoms with E-state index in [-0.39, 0.29) is 5.41 Å². The van der Waals surface area contributed by atoms with Gasteiger partial charge in [0.15, 0.2) is 0 Å². The molecule has 0 aromatic rings. The molecule has 0 radical (unpaired) electrons. The summed E-state index contributed by atoms with van der Waals surface area (Å²) < 4.78 is 0. The van der Waals surface area contributed by atoms with Crippen molar-refractivity contribution in [2.75, 3.05) is 7.05 Å². The van der Waals surface area contributed by atoms with Crippen LogP contribution in [0.25, 0.3) is 0 Å². The first-order valence-corrected chi connectivity index (χ1v) is 4.09. The lowest BCUT2D eigenvalue weighted by Gasteiger charge is -2.26. The van der Waals surface area contributed by atoms with Gasteiger partial charge in [0.25, 0.3) is 0 Å². The van der Waals surface area contributed by atoms with E-state index >= 15 is 0 Å². The molecule has 0 aromatic carbocycles. The highest BCUT2D eigenvalue weighted by Crippen LogP contribution is 2.26. The first-order valence-electron chi connectivity index (χ1n) is 4.09. The van der Waals surface area contributed by atoms with Crippen molar-refractivity contribution in [3.8, 4) is 0 Å². The van der Waals surface area contributed by atoms with Gasteiger partial charge in [0.05, 0.1) is 0 Å². The third kappa shape index (κ3) is 1.76. The Morgan fingerprint density at radius 3 is 2.42 bits per heavy atom. The van der Waals surface area contributed by atoms with Crippen LogP contribution in [-0.2, 0) is 0 Å². The predicted molar refractivity (Wildman–Crippen MR) is 52.9 cm³/mol.